The van der Waals surface area contributed by atoms with E-state index in [2.05, 4.69) is 5.32 Å². The molecule has 0 aromatic heterocycles. The molecule has 2 aliphatic heterocycles. The number of imide groups is 1. The number of nitrogens with one attached hydrogen (secondary N) is 1. The van der Waals surface area contributed by atoms with Gasteiger partial charge in [-0.2, -0.15) is 0 Å². The molecule has 0 radical (unpaired) electrons. The smallest absolute Gasteiger partial charge is 0.415 e. The zero-order valence-corrected chi connectivity index (χ0v) is 16.9. The van der Waals surface area contributed by atoms with Crippen LogP contribution >= 0.6 is 11.8 Å². The number of hydrogen-bond acceptors (Lipinski definition) is 6. The Morgan fingerprint density at radius 3 is 2.33 bits per heavy atom. The summed E-state index contributed by atoms with van der Waals surface area (Å²) in [5.74, 6) is 0.888. The first-order chi connectivity index (χ1) is 14.6. The predicted molar refractivity (Wildman–Crippen MR) is 113 cm³/mol. The Balaban J connectivity index is 1.27. The summed E-state index contributed by atoms with van der Waals surface area (Å²) in [4.78, 5) is 37.2. The van der Waals surface area contributed by atoms with Crippen molar-refractivity contribution in [2.75, 3.05) is 13.1 Å². The molecule has 0 bridgehead atoms. The highest BCUT2D eigenvalue weighted by atomic mass is 32.2. The summed E-state index contributed by atoms with van der Waals surface area (Å²) in [7, 11) is 0. The lowest BCUT2D eigenvalue weighted by Crippen LogP contribution is -2.43. The number of carbonyl (C=O) groups excluding carboxylic acids is 3. The molecule has 0 unspecified atom stereocenters. The number of para-hydroxylation sites is 1. The Hall–Kier alpha value is -3.26. The van der Waals surface area contributed by atoms with E-state index in [1.807, 2.05) is 42.5 Å². The number of piperidine rings is 1. The fourth-order valence-corrected chi connectivity index (χ4v) is 3.90. The van der Waals surface area contributed by atoms with Gasteiger partial charge >= 0.3 is 6.09 Å². The molecule has 2 heterocycles. The van der Waals surface area contributed by atoms with E-state index < -0.39 is 0 Å². The Morgan fingerprint density at radius 2 is 1.70 bits per heavy atom. The number of ether oxygens (including phenoxy) is 2. The van der Waals surface area contributed by atoms with E-state index in [-0.39, 0.29) is 23.3 Å². The molecule has 8 heteroatoms. The molecule has 2 aromatic carbocycles. The largest absolute Gasteiger partial charge is 0.490 e. The molecule has 0 aliphatic carbocycles. The van der Waals surface area contributed by atoms with Crippen molar-refractivity contribution in [1.82, 2.24) is 10.2 Å². The van der Waals surface area contributed by atoms with Crippen LogP contribution in [0.5, 0.6) is 11.5 Å². The minimum absolute atomic E-state index is 0.0174. The van der Waals surface area contributed by atoms with Gasteiger partial charge in [0.1, 0.15) is 17.6 Å². The number of likely N-dealkylation sites (tertiary alicyclic amines) is 1. The van der Waals surface area contributed by atoms with Gasteiger partial charge in [-0.1, -0.05) is 30.3 Å². The summed E-state index contributed by atoms with van der Waals surface area (Å²) < 4.78 is 11.4. The van der Waals surface area contributed by atoms with E-state index in [9.17, 15) is 14.4 Å². The van der Waals surface area contributed by atoms with Crippen molar-refractivity contribution in [3.05, 3.63) is 65.1 Å². The van der Waals surface area contributed by atoms with Crippen molar-refractivity contribution in [2.24, 2.45) is 0 Å². The number of amides is 3. The normalized spacial score (nSPS) is 18.4. The average molecular weight is 424 g/mol. The fraction of sp³-hybridized carbons (Fsp3) is 0.227. The Bertz CT molecular complexity index is 967. The minimum Gasteiger partial charge on any atom is -0.490 e. The number of nitrogens with zero attached hydrogens (tertiary/aromatic N) is 1. The molecule has 2 saturated heterocycles. The Kier molecular flexibility index (Phi) is 6.04. The van der Waals surface area contributed by atoms with Crippen molar-refractivity contribution in [3.8, 4) is 11.5 Å². The summed E-state index contributed by atoms with van der Waals surface area (Å²) in [5.41, 5.74) is 0.813. The highest BCUT2D eigenvalue weighted by Gasteiger charge is 2.26. The molecule has 2 fully saturated rings. The van der Waals surface area contributed by atoms with E-state index in [0.717, 1.165) is 23.1 Å². The molecule has 0 saturated carbocycles. The third-order valence-corrected chi connectivity index (χ3v) is 5.58. The lowest BCUT2D eigenvalue weighted by atomic mass is 10.1. The van der Waals surface area contributed by atoms with E-state index in [0.29, 0.717) is 36.6 Å². The van der Waals surface area contributed by atoms with Crippen LogP contribution in [0.2, 0.25) is 0 Å². The van der Waals surface area contributed by atoms with Gasteiger partial charge in [0.25, 0.3) is 11.1 Å². The van der Waals surface area contributed by atoms with Gasteiger partial charge in [0, 0.05) is 25.9 Å². The highest BCUT2D eigenvalue weighted by molar-refractivity contribution is 8.18. The maximum atomic E-state index is 12.3. The maximum absolute atomic E-state index is 12.3. The number of rotatable bonds is 4. The van der Waals surface area contributed by atoms with Crippen LogP contribution in [0.1, 0.15) is 18.4 Å². The van der Waals surface area contributed by atoms with E-state index >= 15 is 0 Å². The summed E-state index contributed by atoms with van der Waals surface area (Å²) in [5, 5.41) is 1.88. The summed E-state index contributed by atoms with van der Waals surface area (Å²) >= 11 is 0.892. The molecule has 0 spiro atoms. The number of hydrogen-bond donors (Lipinski definition) is 1. The van der Waals surface area contributed by atoms with Crippen LogP contribution in [0.4, 0.5) is 9.59 Å². The molecule has 1 N–H and O–H groups in total. The van der Waals surface area contributed by atoms with E-state index in [1.165, 1.54) is 0 Å². The Labute approximate surface area is 178 Å². The Morgan fingerprint density at radius 1 is 1.00 bits per heavy atom. The van der Waals surface area contributed by atoms with Gasteiger partial charge in [-0.15, -0.1) is 0 Å². The summed E-state index contributed by atoms with van der Waals surface area (Å²) in [6.07, 6.45) is 2.78. The van der Waals surface area contributed by atoms with Crippen LogP contribution in [0.15, 0.2) is 59.5 Å². The van der Waals surface area contributed by atoms with E-state index in [1.54, 1.807) is 23.1 Å². The van der Waals surface area contributed by atoms with Gasteiger partial charge in [-0.3, -0.25) is 14.9 Å². The second-order valence-corrected chi connectivity index (χ2v) is 7.92. The first-order valence-corrected chi connectivity index (χ1v) is 10.4. The molecule has 3 amide bonds. The zero-order valence-electron chi connectivity index (χ0n) is 16.1. The molecule has 154 valence electrons. The SMILES string of the molecule is O=C1NC(=O)/C(=C\c2ccc(OC3CCN(C(=O)Oc4ccccc4)CC3)cc2)S1. The molecule has 2 aromatic rings. The van der Waals surface area contributed by atoms with Gasteiger partial charge in [0.05, 0.1) is 4.91 Å². The second-order valence-electron chi connectivity index (χ2n) is 6.91. The third kappa shape index (κ3) is 5.01. The monoisotopic (exact) mass is 424 g/mol. The summed E-state index contributed by atoms with van der Waals surface area (Å²) in [6.45, 7) is 1.14. The molecule has 4 rings (SSSR count). The van der Waals surface area contributed by atoms with Crippen molar-refractivity contribution in [3.63, 3.8) is 0 Å². The highest BCUT2D eigenvalue weighted by Crippen LogP contribution is 2.27. The van der Waals surface area contributed by atoms with E-state index in [4.69, 9.17) is 9.47 Å². The number of thioether (sulfide) groups is 1. The quantitative estimate of drug-likeness (QED) is 0.746. The van der Waals surface area contributed by atoms with Gasteiger partial charge in [0.2, 0.25) is 0 Å². The number of benzene rings is 2. The average Bonchev–Trinajstić information content (AvgIpc) is 3.07. The molecule has 30 heavy (non-hydrogen) atoms. The van der Waals surface area contributed by atoms with Gasteiger partial charge in [-0.25, -0.2) is 4.79 Å². The van der Waals surface area contributed by atoms with Crippen LogP contribution < -0.4 is 14.8 Å². The van der Waals surface area contributed by atoms with Gasteiger partial charge < -0.3 is 14.4 Å². The van der Waals surface area contributed by atoms with Crippen LogP contribution in [-0.2, 0) is 4.79 Å². The maximum Gasteiger partial charge on any atom is 0.415 e. The number of carbonyl (C=O) groups is 3. The topological polar surface area (TPSA) is 84.9 Å². The lowest BCUT2D eigenvalue weighted by Gasteiger charge is -2.31. The van der Waals surface area contributed by atoms with Crippen molar-refractivity contribution in [2.45, 2.75) is 18.9 Å². The molecular weight excluding hydrogens is 404 g/mol. The van der Waals surface area contributed by atoms with Crippen LogP contribution in [0.25, 0.3) is 6.08 Å². The first-order valence-electron chi connectivity index (χ1n) is 9.60. The van der Waals surface area contributed by atoms with Gasteiger partial charge in [-0.05, 0) is 47.7 Å². The van der Waals surface area contributed by atoms with Crippen molar-refractivity contribution in [1.29, 1.82) is 0 Å². The van der Waals surface area contributed by atoms with Crippen LogP contribution in [-0.4, -0.2) is 41.3 Å². The van der Waals surface area contributed by atoms with Crippen LogP contribution in [0, 0.1) is 0 Å². The molecule has 2 aliphatic rings. The van der Waals surface area contributed by atoms with Crippen molar-refractivity contribution >= 4 is 35.1 Å². The standard InChI is InChI=1S/C22H20N2O5S/c25-20-19(30-21(26)23-20)14-15-6-8-17(9-7-15)28-18-10-12-24(13-11-18)22(27)29-16-4-2-1-3-5-16/h1-9,14,18H,10-13H2,(H,23,25,26)/b19-14+. The second kappa shape index (κ2) is 9.04. The molecule has 7 nitrogen and oxygen atoms in total. The minimum atomic E-state index is -0.372. The third-order valence-electron chi connectivity index (χ3n) is 4.77. The fourth-order valence-electron chi connectivity index (χ4n) is 3.22. The summed E-state index contributed by atoms with van der Waals surface area (Å²) in [6, 6.07) is 16.4. The van der Waals surface area contributed by atoms with Gasteiger partial charge in [0.15, 0.2) is 0 Å². The molecular formula is C22H20N2O5S. The lowest BCUT2D eigenvalue weighted by molar-refractivity contribution is -0.115. The zero-order chi connectivity index (χ0) is 20.9. The molecule has 0 atom stereocenters. The van der Waals surface area contributed by atoms with Crippen molar-refractivity contribution < 1.29 is 23.9 Å². The first kappa shape index (κ1) is 20.0. The predicted octanol–water partition coefficient (Wildman–Crippen LogP) is 4.05. The van der Waals surface area contributed by atoms with Crippen LogP contribution in [0.3, 0.4) is 0 Å².